The van der Waals surface area contributed by atoms with Gasteiger partial charge in [-0.1, -0.05) is 12.1 Å². The van der Waals surface area contributed by atoms with E-state index in [2.05, 4.69) is 50.5 Å². The van der Waals surface area contributed by atoms with Crippen molar-refractivity contribution in [3.05, 3.63) is 52.8 Å². The molecule has 0 aliphatic rings. The summed E-state index contributed by atoms with van der Waals surface area (Å²) in [5, 5.41) is 3.37. The Morgan fingerprint density at radius 1 is 1.28 bits per heavy atom. The van der Waals surface area contributed by atoms with Crippen molar-refractivity contribution < 1.29 is 0 Å². The molecule has 94 valence electrons. The second-order valence-corrected chi connectivity index (χ2v) is 5.21. The van der Waals surface area contributed by atoms with E-state index in [0.717, 1.165) is 28.7 Å². The molecule has 1 N–H and O–H groups in total. The first-order chi connectivity index (χ1) is 8.79. The molecule has 0 amide bonds. The third kappa shape index (κ3) is 3.72. The third-order valence-electron chi connectivity index (χ3n) is 2.58. The minimum absolute atomic E-state index is 0.702. The number of benzene rings is 1. The van der Waals surface area contributed by atoms with Gasteiger partial charge in [0, 0.05) is 24.0 Å². The van der Waals surface area contributed by atoms with Crippen LogP contribution in [-0.2, 0) is 6.42 Å². The summed E-state index contributed by atoms with van der Waals surface area (Å²) in [6.45, 7) is 0. The fourth-order valence-corrected chi connectivity index (χ4v) is 2.19. The average molecular weight is 326 g/mol. The predicted molar refractivity (Wildman–Crippen MR) is 80.7 cm³/mol. The quantitative estimate of drug-likeness (QED) is 0.802. The van der Waals surface area contributed by atoms with Crippen LogP contribution in [0.15, 0.2) is 47.2 Å². The van der Waals surface area contributed by atoms with Crippen LogP contribution in [0.1, 0.15) is 12.0 Å². The Bertz CT molecular complexity index is 517. The standard InChI is InChI=1S/C14H14BrClN2/c15-13-10-17-8-6-14(13)18-12-5-1-3-11(9-12)4-2-7-16/h1,3,5-6,8-10H,2,4,7H2,(H,17,18). The number of aromatic nitrogens is 1. The van der Waals surface area contributed by atoms with Gasteiger partial charge >= 0.3 is 0 Å². The van der Waals surface area contributed by atoms with Crippen molar-refractivity contribution in [3.8, 4) is 0 Å². The number of pyridine rings is 1. The van der Waals surface area contributed by atoms with Crippen molar-refractivity contribution >= 4 is 38.9 Å². The highest BCUT2D eigenvalue weighted by atomic mass is 79.9. The predicted octanol–water partition coefficient (Wildman–Crippen LogP) is 4.76. The number of hydrogen-bond donors (Lipinski definition) is 1. The number of halogens is 2. The van der Waals surface area contributed by atoms with Crippen LogP contribution in [0.4, 0.5) is 11.4 Å². The molecule has 0 aliphatic carbocycles. The molecule has 0 spiro atoms. The van der Waals surface area contributed by atoms with Crippen molar-refractivity contribution in [1.82, 2.24) is 4.98 Å². The van der Waals surface area contributed by atoms with E-state index >= 15 is 0 Å². The maximum atomic E-state index is 5.71. The van der Waals surface area contributed by atoms with Crippen molar-refractivity contribution in [2.45, 2.75) is 12.8 Å². The first-order valence-corrected chi connectivity index (χ1v) is 7.14. The Labute approximate surface area is 121 Å². The maximum Gasteiger partial charge on any atom is 0.0593 e. The highest BCUT2D eigenvalue weighted by molar-refractivity contribution is 9.10. The molecule has 0 radical (unpaired) electrons. The van der Waals surface area contributed by atoms with Crippen LogP contribution in [-0.4, -0.2) is 10.9 Å². The molecule has 2 aromatic rings. The lowest BCUT2D eigenvalue weighted by molar-refractivity contribution is 0.929. The number of aryl methyl sites for hydroxylation is 1. The molecule has 0 fully saturated rings. The lowest BCUT2D eigenvalue weighted by atomic mass is 10.1. The van der Waals surface area contributed by atoms with E-state index in [4.69, 9.17) is 11.6 Å². The Kier molecular flexibility index (Phi) is 5.02. The Morgan fingerprint density at radius 2 is 2.17 bits per heavy atom. The first kappa shape index (κ1) is 13.4. The average Bonchev–Trinajstić information content (AvgIpc) is 2.40. The van der Waals surface area contributed by atoms with Crippen LogP contribution in [0, 0.1) is 0 Å². The Morgan fingerprint density at radius 3 is 2.94 bits per heavy atom. The number of alkyl halides is 1. The molecule has 0 atom stereocenters. The van der Waals surface area contributed by atoms with Gasteiger partial charge in [0.05, 0.1) is 10.2 Å². The van der Waals surface area contributed by atoms with Crippen molar-refractivity contribution in [2.75, 3.05) is 11.2 Å². The van der Waals surface area contributed by atoms with E-state index in [9.17, 15) is 0 Å². The molecule has 0 unspecified atom stereocenters. The van der Waals surface area contributed by atoms with Gasteiger partial charge in [0.15, 0.2) is 0 Å². The first-order valence-electron chi connectivity index (χ1n) is 5.81. The molecule has 2 nitrogen and oxygen atoms in total. The lowest BCUT2D eigenvalue weighted by Gasteiger charge is -2.09. The van der Waals surface area contributed by atoms with Gasteiger partial charge < -0.3 is 5.32 Å². The second kappa shape index (κ2) is 6.76. The van der Waals surface area contributed by atoms with E-state index < -0.39 is 0 Å². The molecule has 2 rings (SSSR count). The van der Waals surface area contributed by atoms with E-state index in [-0.39, 0.29) is 0 Å². The summed E-state index contributed by atoms with van der Waals surface area (Å²) < 4.78 is 0.955. The summed E-state index contributed by atoms with van der Waals surface area (Å²) >= 11 is 9.18. The van der Waals surface area contributed by atoms with E-state index in [0.29, 0.717) is 5.88 Å². The summed E-state index contributed by atoms with van der Waals surface area (Å²) in [6, 6.07) is 10.3. The van der Waals surface area contributed by atoms with Crippen LogP contribution in [0.3, 0.4) is 0 Å². The summed E-state index contributed by atoms with van der Waals surface area (Å²) in [7, 11) is 0. The molecular formula is C14H14BrClN2. The molecular weight excluding hydrogens is 312 g/mol. The van der Waals surface area contributed by atoms with E-state index in [1.165, 1.54) is 5.56 Å². The van der Waals surface area contributed by atoms with Crippen LogP contribution >= 0.6 is 27.5 Å². The van der Waals surface area contributed by atoms with Gasteiger partial charge in [0.1, 0.15) is 0 Å². The summed E-state index contributed by atoms with van der Waals surface area (Å²) in [5.41, 5.74) is 3.39. The number of nitrogens with zero attached hydrogens (tertiary/aromatic N) is 1. The molecule has 0 bridgehead atoms. The normalized spacial score (nSPS) is 10.3. The van der Waals surface area contributed by atoms with Crippen molar-refractivity contribution in [2.24, 2.45) is 0 Å². The molecule has 0 aliphatic heterocycles. The number of hydrogen-bond acceptors (Lipinski definition) is 2. The van der Waals surface area contributed by atoms with Gasteiger partial charge in [-0.05, 0) is 52.5 Å². The molecule has 0 saturated carbocycles. The zero-order valence-corrected chi connectivity index (χ0v) is 12.2. The third-order valence-corrected chi connectivity index (χ3v) is 3.48. The highest BCUT2D eigenvalue weighted by Crippen LogP contribution is 2.25. The fraction of sp³-hybridized carbons (Fsp3) is 0.214. The maximum absolute atomic E-state index is 5.71. The van der Waals surface area contributed by atoms with E-state index in [1.807, 2.05) is 6.07 Å². The zero-order chi connectivity index (χ0) is 12.8. The van der Waals surface area contributed by atoms with Gasteiger partial charge in [0.25, 0.3) is 0 Å². The Hall–Kier alpha value is -1.06. The van der Waals surface area contributed by atoms with Gasteiger partial charge in [-0.15, -0.1) is 11.6 Å². The number of nitrogens with one attached hydrogen (secondary N) is 1. The lowest BCUT2D eigenvalue weighted by Crippen LogP contribution is -1.93. The molecule has 18 heavy (non-hydrogen) atoms. The van der Waals surface area contributed by atoms with Gasteiger partial charge in [-0.2, -0.15) is 0 Å². The van der Waals surface area contributed by atoms with E-state index in [1.54, 1.807) is 12.4 Å². The van der Waals surface area contributed by atoms with Crippen LogP contribution in [0.5, 0.6) is 0 Å². The van der Waals surface area contributed by atoms with Gasteiger partial charge in [0.2, 0.25) is 0 Å². The summed E-state index contributed by atoms with van der Waals surface area (Å²) in [6.07, 6.45) is 5.56. The largest absolute Gasteiger partial charge is 0.355 e. The molecule has 1 aromatic carbocycles. The van der Waals surface area contributed by atoms with Crippen LogP contribution in [0.25, 0.3) is 0 Å². The fourth-order valence-electron chi connectivity index (χ4n) is 1.71. The summed E-state index contributed by atoms with van der Waals surface area (Å²) in [5.74, 6) is 0.702. The molecule has 4 heteroatoms. The smallest absolute Gasteiger partial charge is 0.0593 e. The number of anilines is 2. The summed E-state index contributed by atoms with van der Waals surface area (Å²) in [4.78, 5) is 4.04. The highest BCUT2D eigenvalue weighted by Gasteiger charge is 2.00. The van der Waals surface area contributed by atoms with Gasteiger partial charge in [-0.25, -0.2) is 0 Å². The molecule has 1 aromatic heterocycles. The van der Waals surface area contributed by atoms with Crippen LogP contribution < -0.4 is 5.32 Å². The van der Waals surface area contributed by atoms with Gasteiger partial charge in [-0.3, -0.25) is 4.98 Å². The number of rotatable bonds is 5. The van der Waals surface area contributed by atoms with Crippen molar-refractivity contribution in [1.29, 1.82) is 0 Å². The zero-order valence-electron chi connectivity index (χ0n) is 9.87. The second-order valence-electron chi connectivity index (χ2n) is 3.97. The minimum Gasteiger partial charge on any atom is -0.355 e. The SMILES string of the molecule is ClCCCc1cccc(Nc2ccncc2Br)c1. The van der Waals surface area contributed by atoms with Crippen LogP contribution in [0.2, 0.25) is 0 Å². The molecule has 0 saturated heterocycles. The topological polar surface area (TPSA) is 24.9 Å². The monoisotopic (exact) mass is 324 g/mol. The van der Waals surface area contributed by atoms with Crippen molar-refractivity contribution in [3.63, 3.8) is 0 Å². The molecule has 1 heterocycles. The minimum atomic E-state index is 0.702. The Balaban J connectivity index is 2.12.